The lowest BCUT2D eigenvalue weighted by molar-refractivity contribution is -0.138. The van der Waals surface area contributed by atoms with Crippen LogP contribution in [-0.2, 0) is 16.0 Å². The maximum Gasteiger partial charge on any atom is 0.416 e. The first-order chi connectivity index (χ1) is 13.8. The van der Waals surface area contributed by atoms with Gasteiger partial charge in [0.2, 0.25) is 0 Å². The van der Waals surface area contributed by atoms with E-state index in [-0.39, 0.29) is 28.1 Å². The Hall–Kier alpha value is -2.82. The number of alkyl halides is 5. The fraction of sp³-hybridized carbons (Fsp3) is 0.211. The van der Waals surface area contributed by atoms with Gasteiger partial charge in [-0.15, -0.1) is 0 Å². The fourth-order valence-corrected chi connectivity index (χ4v) is 3.73. The van der Waals surface area contributed by atoms with Gasteiger partial charge in [0.15, 0.2) is 15.7 Å². The topological polar surface area (TPSA) is 62.8 Å². The highest BCUT2D eigenvalue weighted by molar-refractivity contribution is 7.90. The number of nitrogens with zero attached hydrogens (tertiary/aromatic N) is 1. The van der Waals surface area contributed by atoms with Crippen LogP contribution in [0.3, 0.4) is 0 Å². The quantitative estimate of drug-likeness (QED) is 0.533. The third kappa shape index (κ3) is 4.20. The van der Waals surface area contributed by atoms with Crippen molar-refractivity contribution in [2.24, 2.45) is 0 Å². The normalized spacial score (nSPS) is 12.6. The number of nitrogens with one attached hydrogen (secondary N) is 1. The number of hydrogen-bond donors (Lipinski definition) is 1. The fourth-order valence-electron chi connectivity index (χ4n) is 3.00. The van der Waals surface area contributed by atoms with E-state index in [9.17, 15) is 34.8 Å². The highest BCUT2D eigenvalue weighted by Gasteiger charge is 2.32. The average Bonchev–Trinajstić information content (AvgIpc) is 3.05. The van der Waals surface area contributed by atoms with Crippen molar-refractivity contribution in [3.05, 3.63) is 59.2 Å². The Labute approximate surface area is 167 Å². The second-order valence-electron chi connectivity index (χ2n) is 6.59. The van der Waals surface area contributed by atoms with E-state index >= 15 is 0 Å². The molecule has 3 aromatic rings. The van der Waals surface area contributed by atoms with Crippen LogP contribution in [0, 0.1) is 12.7 Å². The van der Waals surface area contributed by atoms with E-state index in [1.54, 1.807) is 0 Å². The van der Waals surface area contributed by atoms with Crippen LogP contribution >= 0.6 is 0 Å². The van der Waals surface area contributed by atoms with Crippen molar-refractivity contribution in [2.45, 2.75) is 24.4 Å². The van der Waals surface area contributed by atoms with Crippen LogP contribution in [0.15, 0.2) is 41.3 Å². The number of hydrogen-bond acceptors (Lipinski definition) is 3. The molecule has 1 N–H and O–H groups in total. The maximum atomic E-state index is 14.3. The second-order valence-corrected chi connectivity index (χ2v) is 8.58. The molecule has 11 heteroatoms. The summed E-state index contributed by atoms with van der Waals surface area (Å²) in [5, 5.41) is 0. The van der Waals surface area contributed by atoms with Gasteiger partial charge >= 0.3 is 6.18 Å². The SMILES string of the molecule is Cc1cc(-c2nc(C(F)F)[nH]c2-c2ccc(S(C)(=O)=O)c(F)c2)ccc1C(F)(F)F. The molecular formula is C19H14F6N2O2S. The van der Waals surface area contributed by atoms with E-state index in [0.29, 0.717) is 0 Å². The summed E-state index contributed by atoms with van der Waals surface area (Å²) in [6.45, 7) is 1.22. The largest absolute Gasteiger partial charge is 0.416 e. The van der Waals surface area contributed by atoms with Gasteiger partial charge in [-0.25, -0.2) is 26.6 Å². The lowest BCUT2D eigenvalue weighted by atomic mass is 10.00. The van der Waals surface area contributed by atoms with Crippen LogP contribution in [0.4, 0.5) is 26.3 Å². The molecule has 30 heavy (non-hydrogen) atoms. The summed E-state index contributed by atoms with van der Waals surface area (Å²) in [5.74, 6) is -1.86. The van der Waals surface area contributed by atoms with Crippen molar-refractivity contribution in [2.75, 3.05) is 6.26 Å². The lowest BCUT2D eigenvalue weighted by Gasteiger charge is -2.12. The molecule has 2 aromatic carbocycles. The van der Waals surface area contributed by atoms with Crippen molar-refractivity contribution in [1.82, 2.24) is 9.97 Å². The summed E-state index contributed by atoms with van der Waals surface area (Å²) in [6, 6.07) is 6.02. The highest BCUT2D eigenvalue weighted by Crippen LogP contribution is 2.37. The smallest absolute Gasteiger partial charge is 0.337 e. The zero-order valence-corrected chi connectivity index (χ0v) is 16.3. The highest BCUT2D eigenvalue weighted by atomic mass is 32.2. The summed E-state index contributed by atoms with van der Waals surface area (Å²) < 4.78 is 103. The molecule has 0 aliphatic heterocycles. The molecular weight excluding hydrogens is 434 g/mol. The number of aromatic amines is 1. The molecule has 0 saturated heterocycles. The van der Waals surface area contributed by atoms with Gasteiger partial charge in [0, 0.05) is 17.4 Å². The molecule has 0 atom stereocenters. The van der Waals surface area contributed by atoms with Crippen LogP contribution < -0.4 is 0 Å². The molecule has 160 valence electrons. The van der Waals surface area contributed by atoms with Gasteiger partial charge in [-0.05, 0) is 36.8 Å². The van der Waals surface area contributed by atoms with Gasteiger partial charge in [-0.1, -0.05) is 12.1 Å². The summed E-state index contributed by atoms with van der Waals surface area (Å²) in [6.07, 6.45) is -6.80. The van der Waals surface area contributed by atoms with Crippen LogP contribution in [0.1, 0.15) is 23.4 Å². The molecule has 0 saturated carbocycles. The average molecular weight is 448 g/mol. The van der Waals surface area contributed by atoms with Crippen molar-refractivity contribution in [3.8, 4) is 22.5 Å². The molecule has 0 fully saturated rings. The zero-order valence-electron chi connectivity index (χ0n) is 15.5. The number of halogens is 6. The minimum atomic E-state index is -4.59. The van der Waals surface area contributed by atoms with Gasteiger partial charge in [0.1, 0.15) is 10.7 Å². The minimum absolute atomic E-state index is 0.00634. The monoisotopic (exact) mass is 448 g/mol. The van der Waals surface area contributed by atoms with E-state index in [1.165, 1.54) is 13.0 Å². The molecule has 1 aromatic heterocycles. The van der Waals surface area contributed by atoms with Gasteiger partial charge < -0.3 is 4.98 Å². The number of H-pyrrole nitrogens is 1. The number of aryl methyl sites for hydroxylation is 1. The van der Waals surface area contributed by atoms with Crippen LogP contribution in [-0.4, -0.2) is 24.6 Å². The zero-order chi connectivity index (χ0) is 22.4. The number of imidazole rings is 1. The predicted octanol–water partition coefficient (Wildman–Crippen LogP) is 5.55. The van der Waals surface area contributed by atoms with Gasteiger partial charge in [0.05, 0.1) is 17.0 Å². The third-order valence-corrected chi connectivity index (χ3v) is 5.48. The summed E-state index contributed by atoms with van der Waals surface area (Å²) >= 11 is 0. The van der Waals surface area contributed by atoms with Crippen molar-refractivity contribution < 1.29 is 34.8 Å². The molecule has 0 unspecified atom stereocenters. The van der Waals surface area contributed by atoms with E-state index in [1.807, 2.05) is 0 Å². The molecule has 0 spiro atoms. The third-order valence-electron chi connectivity index (χ3n) is 4.35. The molecule has 0 aliphatic rings. The first-order valence-corrected chi connectivity index (χ1v) is 10.2. The summed E-state index contributed by atoms with van der Waals surface area (Å²) in [7, 11) is -3.85. The molecule has 0 bridgehead atoms. The van der Waals surface area contributed by atoms with Gasteiger partial charge in [-0.2, -0.15) is 13.2 Å². The molecule has 1 heterocycles. The Morgan fingerprint density at radius 3 is 2.17 bits per heavy atom. The van der Waals surface area contributed by atoms with E-state index in [4.69, 9.17) is 0 Å². The molecule has 0 aliphatic carbocycles. The van der Waals surface area contributed by atoms with E-state index < -0.39 is 44.5 Å². The Bertz CT molecular complexity index is 1220. The van der Waals surface area contributed by atoms with E-state index in [2.05, 4.69) is 9.97 Å². The lowest BCUT2D eigenvalue weighted by Crippen LogP contribution is -2.07. The van der Waals surface area contributed by atoms with Gasteiger partial charge in [0.25, 0.3) is 6.43 Å². The van der Waals surface area contributed by atoms with Crippen molar-refractivity contribution >= 4 is 9.84 Å². The first kappa shape index (κ1) is 21.9. The van der Waals surface area contributed by atoms with Gasteiger partial charge in [-0.3, -0.25) is 0 Å². The predicted molar refractivity (Wildman–Crippen MR) is 97.2 cm³/mol. The number of sulfone groups is 1. The second kappa shape index (κ2) is 7.46. The standard InChI is InChI=1S/C19H14F6N2O2S/c1-9-7-10(3-5-12(9)19(23,24)25)15-16(27-18(26-15)17(21)22)11-4-6-14(13(20)8-11)30(2,28)29/h3-8,17H,1-2H3,(H,26,27). The Morgan fingerprint density at radius 2 is 1.67 bits per heavy atom. The molecule has 3 rings (SSSR count). The number of benzene rings is 2. The Morgan fingerprint density at radius 1 is 1.03 bits per heavy atom. The van der Waals surface area contributed by atoms with Crippen molar-refractivity contribution in [3.63, 3.8) is 0 Å². The maximum absolute atomic E-state index is 14.3. The molecule has 4 nitrogen and oxygen atoms in total. The molecule has 0 radical (unpaired) electrons. The van der Waals surface area contributed by atoms with Crippen LogP contribution in [0.25, 0.3) is 22.5 Å². The summed E-state index contributed by atoms with van der Waals surface area (Å²) in [5.41, 5.74) is -1.12. The minimum Gasteiger partial charge on any atom is -0.337 e. The van der Waals surface area contributed by atoms with E-state index in [0.717, 1.165) is 36.6 Å². The Kier molecular flexibility index (Phi) is 5.44. The number of rotatable bonds is 4. The van der Waals surface area contributed by atoms with Crippen LogP contribution in [0.5, 0.6) is 0 Å². The van der Waals surface area contributed by atoms with Crippen molar-refractivity contribution in [1.29, 1.82) is 0 Å². The van der Waals surface area contributed by atoms with Crippen LogP contribution in [0.2, 0.25) is 0 Å². The molecule has 0 amide bonds. The number of aromatic nitrogens is 2. The summed E-state index contributed by atoms with van der Waals surface area (Å²) in [4.78, 5) is 5.53. The Balaban J connectivity index is 2.19. The first-order valence-electron chi connectivity index (χ1n) is 8.35.